The van der Waals surface area contributed by atoms with Gasteiger partial charge in [-0.3, -0.25) is 0 Å². The summed E-state index contributed by atoms with van der Waals surface area (Å²) >= 11 is 0. The number of rotatable bonds is 8. The van der Waals surface area contributed by atoms with Crippen LogP contribution in [0.5, 0.6) is 0 Å². The van der Waals surface area contributed by atoms with Gasteiger partial charge < -0.3 is 4.79 Å². The van der Waals surface area contributed by atoms with Crippen molar-refractivity contribution in [2.24, 2.45) is 5.92 Å². The van der Waals surface area contributed by atoms with E-state index in [4.69, 9.17) is 0 Å². The van der Waals surface area contributed by atoms with E-state index in [-0.39, 0.29) is 0 Å². The molecule has 0 saturated carbocycles. The molecule has 1 atom stereocenters. The summed E-state index contributed by atoms with van der Waals surface area (Å²) in [5.74, 6) is 0.806. The van der Waals surface area contributed by atoms with Gasteiger partial charge in [-0.15, -0.1) is 0 Å². The van der Waals surface area contributed by atoms with Gasteiger partial charge in [-0.25, -0.2) is 0 Å². The Morgan fingerprint density at radius 3 is 2.33 bits per heavy atom. The van der Waals surface area contributed by atoms with Crippen LogP contribution >= 0.6 is 0 Å². The highest BCUT2D eigenvalue weighted by Gasteiger charge is 2.05. The molecule has 0 aromatic carbocycles. The highest BCUT2D eigenvalue weighted by atomic mass is 16.1. The number of hydrogen-bond donors (Lipinski definition) is 0. The third-order valence-corrected chi connectivity index (χ3v) is 2.36. The average molecular weight is 170 g/mol. The van der Waals surface area contributed by atoms with E-state index in [1.165, 1.54) is 32.1 Å². The van der Waals surface area contributed by atoms with Crippen molar-refractivity contribution in [2.75, 3.05) is 0 Å². The van der Waals surface area contributed by atoms with E-state index < -0.39 is 0 Å². The van der Waals surface area contributed by atoms with Crippen LogP contribution in [-0.2, 0) is 4.79 Å². The quantitative estimate of drug-likeness (QED) is 0.509. The van der Waals surface area contributed by atoms with Gasteiger partial charge in [0.1, 0.15) is 6.29 Å². The zero-order valence-corrected chi connectivity index (χ0v) is 8.51. The van der Waals surface area contributed by atoms with Crippen LogP contribution in [0.2, 0.25) is 0 Å². The summed E-state index contributed by atoms with van der Waals surface area (Å²) in [5.41, 5.74) is 0. The minimum absolute atomic E-state index is 0.758. The normalized spacial score (nSPS) is 12.8. The molecule has 0 aromatic rings. The SMILES string of the molecule is CCCCC(CCC)CCC=O. The van der Waals surface area contributed by atoms with Gasteiger partial charge in [0.25, 0.3) is 0 Å². The van der Waals surface area contributed by atoms with Crippen LogP contribution in [0.4, 0.5) is 0 Å². The molecule has 0 amide bonds. The Kier molecular flexibility index (Phi) is 8.52. The Hall–Kier alpha value is -0.330. The molecule has 0 heterocycles. The van der Waals surface area contributed by atoms with Crippen molar-refractivity contribution in [1.82, 2.24) is 0 Å². The van der Waals surface area contributed by atoms with Crippen LogP contribution in [0.3, 0.4) is 0 Å². The third-order valence-electron chi connectivity index (χ3n) is 2.36. The fourth-order valence-electron chi connectivity index (χ4n) is 1.64. The highest BCUT2D eigenvalue weighted by Crippen LogP contribution is 2.19. The zero-order chi connectivity index (χ0) is 9.23. The average Bonchev–Trinajstić information content (AvgIpc) is 2.10. The molecule has 0 saturated heterocycles. The highest BCUT2D eigenvalue weighted by molar-refractivity contribution is 5.49. The molecule has 12 heavy (non-hydrogen) atoms. The molecule has 0 radical (unpaired) electrons. The van der Waals surface area contributed by atoms with Gasteiger partial charge in [-0.1, -0.05) is 46.0 Å². The predicted octanol–water partition coefficient (Wildman–Crippen LogP) is 3.57. The maximum absolute atomic E-state index is 10.2. The summed E-state index contributed by atoms with van der Waals surface area (Å²) in [7, 11) is 0. The van der Waals surface area contributed by atoms with Crippen LogP contribution in [0.1, 0.15) is 58.8 Å². The first-order valence-electron chi connectivity index (χ1n) is 5.28. The van der Waals surface area contributed by atoms with Crippen molar-refractivity contribution in [3.8, 4) is 0 Å². The summed E-state index contributed by atoms with van der Waals surface area (Å²) in [6, 6.07) is 0. The molecule has 0 fully saturated rings. The first kappa shape index (κ1) is 11.7. The lowest BCUT2D eigenvalue weighted by Crippen LogP contribution is -2.00. The van der Waals surface area contributed by atoms with Gasteiger partial charge in [-0.2, -0.15) is 0 Å². The number of carbonyl (C=O) groups excluding carboxylic acids is 1. The van der Waals surface area contributed by atoms with E-state index in [9.17, 15) is 4.79 Å². The molecule has 0 aliphatic carbocycles. The first-order valence-corrected chi connectivity index (χ1v) is 5.28. The second-order valence-corrected chi connectivity index (χ2v) is 3.54. The lowest BCUT2D eigenvalue weighted by molar-refractivity contribution is -0.108. The van der Waals surface area contributed by atoms with Gasteiger partial charge in [0.15, 0.2) is 0 Å². The van der Waals surface area contributed by atoms with Gasteiger partial charge in [0.05, 0.1) is 0 Å². The summed E-state index contributed by atoms with van der Waals surface area (Å²) in [5, 5.41) is 0. The fraction of sp³-hybridized carbons (Fsp3) is 0.909. The molecule has 72 valence electrons. The van der Waals surface area contributed by atoms with Crippen molar-refractivity contribution < 1.29 is 4.79 Å². The third kappa shape index (κ3) is 6.38. The Labute approximate surface area is 76.6 Å². The van der Waals surface area contributed by atoms with E-state index in [2.05, 4.69) is 13.8 Å². The molecule has 1 nitrogen and oxygen atoms in total. The van der Waals surface area contributed by atoms with Crippen molar-refractivity contribution in [3.05, 3.63) is 0 Å². The summed E-state index contributed by atoms with van der Waals surface area (Å²) in [4.78, 5) is 10.2. The second-order valence-electron chi connectivity index (χ2n) is 3.54. The fourth-order valence-corrected chi connectivity index (χ4v) is 1.64. The number of hydrogen-bond acceptors (Lipinski definition) is 1. The van der Waals surface area contributed by atoms with E-state index >= 15 is 0 Å². The van der Waals surface area contributed by atoms with Crippen molar-refractivity contribution >= 4 is 6.29 Å². The molecule has 0 rings (SSSR count). The summed E-state index contributed by atoms with van der Waals surface area (Å²) in [6.45, 7) is 4.45. The van der Waals surface area contributed by atoms with E-state index in [1.54, 1.807) is 0 Å². The Morgan fingerprint density at radius 1 is 1.08 bits per heavy atom. The monoisotopic (exact) mass is 170 g/mol. The standard InChI is InChI=1S/C11H22O/c1-3-5-8-11(7-4-2)9-6-10-12/h10-11H,3-9H2,1-2H3. The van der Waals surface area contributed by atoms with Gasteiger partial charge >= 0.3 is 0 Å². The molecule has 0 bridgehead atoms. The molecular formula is C11H22O. The zero-order valence-electron chi connectivity index (χ0n) is 8.51. The minimum Gasteiger partial charge on any atom is -0.303 e. The second kappa shape index (κ2) is 8.76. The maximum atomic E-state index is 10.2. The van der Waals surface area contributed by atoms with E-state index in [0.717, 1.165) is 25.0 Å². The van der Waals surface area contributed by atoms with Crippen LogP contribution in [0.15, 0.2) is 0 Å². The Balaban J connectivity index is 3.46. The van der Waals surface area contributed by atoms with Gasteiger partial charge in [-0.05, 0) is 12.3 Å². The molecule has 0 spiro atoms. The molecular weight excluding hydrogens is 148 g/mol. The lowest BCUT2D eigenvalue weighted by atomic mass is 9.93. The summed E-state index contributed by atoms with van der Waals surface area (Å²) in [6.07, 6.45) is 9.39. The van der Waals surface area contributed by atoms with E-state index in [1.807, 2.05) is 0 Å². The predicted molar refractivity (Wildman–Crippen MR) is 53.2 cm³/mol. The van der Waals surface area contributed by atoms with Crippen LogP contribution < -0.4 is 0 Å². The first-order chi connectivity index (χ1) is 5.85. The smallest absolute Gasteiger partial charge is 0.120 e. The molecule has 0 aromatic heterocycles. The minimum atomic E-state index is 0.758. The van der Waals surface area contributed by atoms with Crippen LogP contribution in [-0.4, -0.2) is 6.29 Å². The molecule has 1 unspecified atom stereocenters. The number of carbonyl (C=O) groups is 1. The van der Waals surface area contributed by atoms with Crippen molar-refractivity contribution in [3.63, 3.8) is 0 Å². The molecule has 1 heteroatoms. The summed E-state index contributed by atoms with van der Waals surface area (Å²) < 4.78 is 0. The largest absolute Gasteiger partial charge is 0.303 e. The number of aldehydes is 1. The van der Waals surface area contributed by atoms with Crippen LogP contribution in [0.25, 0.3) is 0 Å². The van der Waals surface area contributed by atoms with Gasteiger partial charge in [0.2, 0.25) is 0 Å². The molecule has 0 aliphatic heterocycles. The number of unbranched alkanes of at least 4 members (excludes halogenated alkanes) is 1. The Bertz CT molecular complexity index is 99.2. The van der Waals surface area contributed by atoms with Crippen molar-refractivity contribution in [2.45, 2.75) is 58.8 Å². The van der Waals surface area contributed by atoms with Gasteiger partial charge in [0, 0.05) is 6.42 Å². The van der Waals surface area contributed by atoms with Crippen LogP contribution in [0, 0.1) is 5.92 Å². The van der Waals surface area contributed by atoms with Crippen molar-refractivity contribution in [1.29, 1.82) is 0 Å². The Morgan fingerprint density at radius 2 is 1.83 bits per heavy atom. The van der Waals surface area contributed by atoms with E-state index in [0.29, 0.717) is 0 Å². The molecule has 0 N–H and O–H groups in total. The topological polar surface area (TPSA) is 17.1 Å². The molecule has 0 aliphatic rings. The maximum Gasteiger partial charge on any atom is 0.120 e. The lowest BCUT2D eigenvalue weighted by Gasteiger charge is -2.13.